The maximum atomic E-state index is 5.58. The van der Waals surface area contributed by atoms with Gasteiger partial charge < -0.3 is 9.47 Å². The van der Waals surface area contributed by atoms with Crippen LogP contribution in [0.15, 0.2) is 0 Å². The van der Waals surface area contributed by atoms with Crippen LogP contribution >= 0.6 is 9.24 Å². The minimum absolute atomic E-state index is 0.0613. The average Bonchev–Trinajstić information content (AvgIpc) is 2.06. The first kappa shape index (κ1) is 9.44. The van der Waals surface area contributed by atoms with E-state index in [0.29, 0.717) is 0 Å². The molecule has 1 aliphatic heterocycles. The topological polar surface area (TPSA) is 18.5 Å². The molecule has 0 saturated carbocycles. The summed E-state index contributed by atoms with van der Waals surface area (Å²) in [6.07, 6.45) is 4.58. The summed E-state index contributed by atoms with van der Waals surface area (Å²) in [6.45, 7) is 2.98. The Morgan fingerprint density at radius 3 is 3.00 bits per heavy atom. The highest BCUT2D eigenvalue weighted by Gasteiger charge is 2.15. The van der Waals surface area contributed by atoms with E-state index in [2.05, 4.69) is 16.2 Å². The van der Waals surface area contributed by atoms with Crippen molar-refractivity contribution in [1.29, 1.82) is 0 Å². The second-order valence-electron chi connectivity index (χ2n) is 2.88. The van der Waals surface area contributed by atoms with E-state index in [-0.39, 0.29) is 12.1 Å². The summed E-state index contributed by atoms with van der Waals surface area (Å²) in [7, 11) is 2.68. The molecule has 1 heterocycles. The SMILES string of the molecule is CCC(P)OC1CCCCO1. The van der Waals surface area contributed by atoms with Gasteiger partial charge in [0.2, 0.25) is 0 Å². The smallest absolute Gasteiger partial charge is 0.158 e. The van der Waals surface area contributed by atoms with Gasteiger partial charge in [0, 0.05) is 6.61 Å². The van der Waals surface area contributed by atoms with Crippen molar-refractivity contribution in [2.45, 2.75) is 44.7 Å². The predicted molar refractivity (Wildman–Crippen MR) is 48.5 cm³/mol. The Morgan fingerprint density at radius 1 is 1.64 bits per heavy atom. The molecular formula is C8H17O2P. The quantitative estimate of drug-likeness (QED) is 0.613. The highest BCUT2D eigenvalue weighted by Crippen LogP contribution is 2.18. The van der Waals surface area contributed by atoms with Gasteiger partial charge in [0.1, 0.15) is 0 Å². The van der Waals surface area contributed by atoms with Gasteiger partial charge in [0.05, 0.1) is 5.85 Å². The molecule has 0 N–H and O–H groups in total. The Morgan fingerprint density at radius 2 is 2.45 bits per heavy atom. The number of hydrogen-bond acceptors (Lipinski definition) is 2. The van der Waals surface area contributed by atoms with Crippen molar-refractivity contribution in [2.24, 2.45) is 0 Å². The van der Waals surface area contributed by atoms with Gasteiger partial charge in [-0.3, -0.25) is 0 Å². The first-order valence-electron chi connectivity index (χ1n) is 4.35. The highest BCUT2D eigenvalue weighted by molar-refractivity contribution is 7.17. The molecule has 0 amide bonds. The Balaban J connectivity index is 2.13. The van der Waals surface area contributed by atoms with Gasteiger partial charge >= 0.3 is 0 Å². The molecule has 3 atom stereocenters. The van der Waals surface area contributed by atoms with Crippen LogP contribution in [0.5, 0.6) is 0 Å². The number of hydrogen-bond donors (Lipinski definition) is 0. The van der Waals surface area contributed by atoms with E-state index >= 15 is 0 Å². The fourth-order valence-corrected chi connectivity index (χ4v) is 1.28. The van der Waals surface area contributed by atoms with E-state index in [4.69, 9.17) is 9.47 Å². The van der Waals surface area contributed by atoms with Crippen LogP contribution in [0.3, 0.4) is 0 Å². The molecule has 66 valence electrons. The molecular weight excluding hydrogens is 159 g/mol. The molecule has 1 rings (SSSR count). The van der Waals surface area contributed by atoms with Crippen LogP contribution in [0, 0.1) is 0 Å². The summed E-state index contributed by atoms with van der Waals surface area (Å²) in [5.41, 5.74) is 0. The van der Waals surface area contributed by atoms with Gasteiger partial charge in [-0.05, 0) is 25.7 Å². The number of ether oxygens (including phenoxy) is 2. The van der Waals surface area contributed by atoms with Crippen LogP contribution in [0.4, 0.5) is 0 Å². The molecule has 0 aromatic rings. The largest absolute Gasteiger partial charge is 0.353 e. The minimum atomic E-state index is 0.0613. The maximum absolute atomic E-state index is 5.58. The summed E-state index contributed by atoms with van der Waals surface area (Å²) >= 11 is 0. The molecule has 3 unspecified atom stereocenters. The lowest BCUT2D eigenvalue weighted by atomic mass is 10.2. The summed E-state index contributed by atoms with van der Waals surface area (Å²) in [5, 5.41) is 0. The Labute approximate surface area is 70.8 Å². The standard InChI is InChI=1S/C8H17O2P/c1-2-8(11)10-7-5-3-4-6-9-7/h7-8H,2-6,11H2,1H3. The van der Waals surface area contributed by atoms with Crippen molar-refractivity contribution in [2.75, 3.05) is 6.61 Å². The normalized spacial score (nSPS) is 28.4. The van der Waals surface area contributed by atoms with E-state index in [0.717, 1.165) is 19.4 Å². The summed E-state index contributed by atoms with van der Waals surface area (Å²) in [4.78, 5) is 0. The lowest BCUT2D eigenvalue weighted by Gasteiger charge is -2.25. The molecule has 0 aliphatic carbocycles. The monoisotopic (exact) mass is 176 g/mol. The number of rotatable bonds is 3. The summed E-state index contributed by atoms with van der Waals surface area (Å²) in [6, 6.07) is 0. The molecule has 11 heavy (non-hydrogen) atoms. The molecule has 1 saturated heterocycles. The van der Waals surface area contributed by atoms with E-state index in [1.165, 1.54) is 12.8 Å². The zero-order valence-electron chi connectivity index (χ0n) is 7.08. The average molecular weight is 176 g/mol. The molecule has 1 fully saturated rings. The van der Waals surface area contributed by atoms with Crippen LogP contribution in [-0.4, -0.2) is 18.7 Å². The van der Waals surface area contributed by atoms with Crippen LogP contribution in [0.25, 0.3) is 0 Å². The molecule has 0 aromatic heterocycles. The van der Waals surface area contributed by atoms with Gasteiger partial charge in [0.15, 0.2) is 6.29 Å². The molecule has 0 aromatic carbocycles. The fraction of sp³-hybridized carbons (Fsp3) is 1.00. The lowest BCUT2D eigenvalue weighted by molar-refractivity contribution is -0.170. The first-order chi connectivity index (χ1) is 5.33. The summed E-state index contributed by atoms with van der Waals surface area (Å²) < 4.78 is 11.0. The van der Waals surface area contributed by atoms with Crippen molar-refractivity contribution in [3.63, 3.8) is 0 Å². The summed E-state index contributed by atoms with van der Waals surface area (Å²) in [5.74, 6) is 0.262. The van der Waals surface area contributed by atoms with Crippen LogP contribution in [-0.2, 0) is 9.47 Å². The van der Waals surface area contributed by atoms with Crippen LogP contribution in [0.2, 0.25) is 0 Å². The van der Waals surface area contributed by atoms with Gasteiger partial charge in [-0.25, -0.2) is 0 Å². The highest BCUT2D eigenvalue weighted by atomic mass is 31.0. The van der Waals surface area contributed by atoms with E-state index in [9.17, 15) is 0 Å². The van der Waals surface area contributed by atoms with Crippen molar-refractivity contribution in [3.8, 4) is 0 Å². The molecule has 2 nitrogen and oxygen atoms in total. The van der Waals surface area contributed by atoms with Gasteiger partial charge in [0.25, 0.3) is 0 Å². The molecule has 0 radical (unpaired) electrons. The predicted octanol–water partition coefficient (Wildman–Crippen LogP) is 2.14. The first-order valence-corrected chi connectivity index (χ1v) is 5.02. The van der Waals surface area contributed by atoms with Crippen molar-refractivity contribution >= 4 is 9.24 Å². The zero-order chi connectivity index (χ0) is 8.10. The van der Waals surface area contributed by atoms with Gasteiger partial charge in [-0.2, -0.15) is 0 Å². The van der Waals surface area contributed by atoms with Crippen LogP contribution < -0.4 is 0 Å². The van der Waals surface area contributed by atoms with Crippen molar-refractivity contribution in [1.82, 2.24) is 0 Å². The lowest BCUT2D eigenvalue weighted by Crippen LogP contribution is -2.24. The van der Waals surface area contributed by atoms with E-state index in [1.54, 1.807) is 0 Å². The Hall–Kier alpha value is 0.350. The third-order valence-electron chi connectivity index (χ3n) is 1.87. The van der Waals surface area contributed by atoms with Crippen molar-refractivity contribution < 1.29 is 9.47 Å². The fourth-order valence-electron chi connectivity index (χ4n) is 1.11. The van der Waals surface area contributed by atoms with Crippen molar-refractivity contribution in [3.05, 3.63) is 0 Å². The third kappa shape index (κ3) is 3.50. The second-order valence-corrected chi connectivity index (χ2v) is 3.62. The van der Waals surface area contributed by atoms with Gasteiger partial charge in [-0.15, -0.1) is 9.24 Å². The van der Waals surface area contributed by atoms with Crippen LogP contribution in [0.1, 0.15) is 32.6 Å². The van der Waals surface area contributed by atoms with E-state index in [1.807, 2.05) is 0 Å². The molecule has 3 heteroatoms. The zero-order valence-corrected chi connectivity index (χ0v) is 8.24. The maximum Gasteiger partial charge on any atom is 0.158 e. The molecule has 1 aliphatic rings. The second kappa shape index (κ2) is 5.08. The third-order valence-corrected chi connectivity index (χ3v) is 2.50. The molecule has 0 spiro atoms. The minimum Gasteiger partial charge on any atom is -0.353 e. The van der Waals surface area contributed by atoms with E-state index < -0.39 is 0 Å². The Kier molecular flexibility index (Phi) is 4.36. The Bertz CT molecular complexity index is 102. The van der Waals surface area contributed by atoms with Gasteiger partial charge in [-0.1, -0.05) is 6.92 Å². The molecule has 0 bridgehead atoms.